The van der Waals surface area contributed by atoms with Gasteiger partial charge in [-0.15, -0.1) is 0 Å². The molecular weight excluding hydrogens is 253 g/mol. The quantitative estimate of drug-likeness (QED) is 0.861. The molecule has 20 heavy (non-hydrogen) atoms. The van der Waals surface area contributed by atoms with Gasteiger partial charge in [-0.2, -0.15) is 0 Å². The summed E-state index contributed by atoms with van der Waals surface area (Å²) in [6, 6.07) is 13.5. The first-order chi connectivity index (χ1) is 9.70. The molecule has 0 radical (unpaired) electrons. The molecule has 0 atom stereocenters. The SMILES string of the molecule is COCCc1ccccc1NCc1ccc(C)c(F)c1. The lowest BCUT2D eigenvalue weighted by Gasteiger charge is -2.12. The summed E-state index contributed by atoms with van der Waals surface area (Å²) in [6.45, 7) is 3.08. The number of hydrogen-bond donors (Lipinski definition) is 1. The molecule has 0 saturated heterocycles. The molecule has 2 nitrogen and oxygen atoms in total. The van der Waals surface area contributed by atoms with E-state index < -0.39 is 0 Å². The van der Waals surface area contributed by atoms with Gasteiger partial charge in [-0.3, -0.25) is 0 Å². The maximum atomic E-state index is 13.5. The summed E-state index contributed by atoms with van der Waals surface area (Å²) < 4.78 is 18.6. The summed E-state index contributed by atoms with van der Waals surface area (Å²) in [5.74, 6) is -0.156. The molecule has 3 heteroatoms. The number of hydrogen-bond acceptors (Lipinski definition) is 2. The summed E-state index contributed by atoms with van der Waals surface area (Å²) >= 11 is 0. The number of halogens is 1. The van der Waals surface area contributed by atoms with Gasteiger partial charge in [0.25, 0.3) is 0 Å². The van der Waals surface area contributed by atoms with E-state index in [9.17, 15) is 4.39 Å². The van der Waals surface area contributed by atoms with Crippen LogP contribution in [0.25, 0.3) is 0 Å². The fourth-order valence-corrected chi connectivity index (χ4v) is 2.07. The van der Waals surface area contributed by atoms with E-state index in [-0.39, 0.29) is 5.82 Å². The largest absolute Gasteiger partial charge is 0.384 e. The van der Waals surface area contributed by atoms with E-state index in [4.69, 9.17) is 4.74 Å². The highest BCUT2D eigenvalue weighted by atomic mass is 19.1. The number of para-hydroxylation sites is 1. The number of nitrogens with one attached hydrogen (secondary N) is 1. The van der Waals surface area contributed by atoms with E-state index in [2.05, 4.69) is 11.4 Å². The molecule has 0 aliphatic rings. The van der Waals surface area contributed by atoms with Crippen molar-refractivity contribution < 1.29 is 9.13 Å². The average Bonchev–Trinajstić information content (AvgIpc) is 2.47. The molecular formula is C17H20FNO. The van der Waals surface area contributed by atoms with Crippen molar-refractivity contribution in [1.29, 1.82) is 0 Å². The minimum atomic E-state index is -0.156. The van der Waals surface area contributed by atoms with Crippen molar-refractivity contribution in [2.45, 2.75) is 19.9 Å². The number of ether oxygens (including phenoxy) is 1. The van der Waals surface area contributed by atoms with Gasteiger partial charge in [0.05, 0.1) is 6.61 Å². The predicted molar refractivity (Wildman–Crippen MR) is 80.5 cm³/mol. The molecule has 2 rings (SSSR count). The minimum absolute atomic E-state index is 0.156. The van der Waals surface area contributed by atoms with Crippen LogP contribution >= 0.6 is 0 Å². The van der Waals surface area contributed by atoms with E-state index in [0.29, 0.717) is 18.7 Å². The Balaban J connectivity index is 2.04. The van der Waals surface area contributed by atoms with Crippen LogP contribution in [0.4, 0.5) is 10.1 Å². The van der Waals surface area contributed by atoms with E-state index in [1.807, 2.05) is 30.3 Å². The molecule has 2 aromatic carbocycles. The Bertz CT molecular complexity index is 569. The molecule has 0 unspecified atom stereocenters. The number of aryl methyl sites for hydroxylation is 1. The number of methoxy groups -OCH3 is 1. The van der Waals surface area contributed by atoms with Crippen molar-refractivity contribution in [2.24, 2.45) is 0 Å². The lowest BCUT2D eigenvalue weighted by Crippen LogP contribution is -2.04. The van der Waals surface area contributed by atoms with Gasteiger partial charge < -0.3 is 10.1 Å². The van der Waals surface area contributed by atoms with Crippen LogP contribution in [0.5, 0.6) is 0 Å². The monoisotopic (exact) mass is 273 g/mol. The van der Waals surface area contributed by atoms with Crippen LogP contribution in [0.3, 0.4) is 0 Å². The van der Waals surface area contributed by atoms with Gasteiger partial charge in [-0.25, -0.2) is 4.39 Å². The third-order valence-corrected chi connectivity index (χ3v) is 3.31. The van der Waals surface area contributed by atoms with Gasteiger partial charge in [0, 0.05) is 19.3 Å². The molecule has 2 aromatic rings. The molecule has 0 fully saturated rings. The maximum absolute atomic E-state index is 13.5. The molecule has 0 aromatic heterocycles. The smallest absolute Gasteiger partial charge is 0.126 e. The normalized spacial score (nSPS) is 10.6. The highest BCUT2D eigenvalue weighted by Crippen LogP contribution is 2.17. The summed E-state index contributed by atoms with van der Waals surface area (Å²) in [6.07, 6.45) is 0.863. The van der Waals surface area contributed by atoms with Gasteiger partial charge in [0.1, 0.15) is 5.82 Å². The molecule has 0 amide bonds. The number of anilines is 1. The van der Waals surface area contributed by atoms with Gasteiger partial charge in [-0.05, 0) is 42.2 Å². The van der Waals surface area contributed by atoms with Gasteiger partial charge in [0.2, 0.25) is 0 Å². The van der Waals surface area contributed by atoms with Gasteiger partial charge >= 0.3 is 0 Å². The summed E-state index contributed by atoms with van der Waals surface area (Å²) in [4.78, 5) is 0. The summed E-state index contributed by atoms with van der Waals surface area (Å²) in [5.41, 5.74) is 3.90. The van der Waals surface area contributed by atoms with Crippen LogP contribution in [0.1, 0.15) is 16.7 Å². The number of benzene rings is 2. The minimum Gasteiger partial charge on any atom is -0.384 e. The molecule has 106 valence electrons. The highest BCUT2D eigenvalue weighted by molar-refractivity contribution is 5.51. The average molecular weight is 273 g/mol. The second-order valence-electron chi connectivity index (χ2n) is 4.84. The zero-order valence-electron chi connectivity index (χ0n) is 11.9. The van der Waals surface area contributed by atoms with Crippen molar-refractivity contribution in [1.82, 2.24) is 0 Å². The number of rotatable bonds is 6. The standard InChI is InChI=1S/C17H20FNO/c1-13-7-8-14(11-16(13)18)12-19-17-6-4-3-5-15(17)9-10-20-2/h3-8,11,19H,9-10,12H2,1-2H3. The van der Waals surface area contributed by atoms with E-state index in [0.717, 1.165) is 17.7 Å². The summed E-state index contributed by atoms with van der Waals surface area (Å²) in [5, 5.41) is 3.36. The molecule has 0 aliphatic carbocycles. The lowest BCUT2D eigenvalue weighted by atomic mass is 10.1. The van der Waals surface area contributed by atoms with Crippen LogP contribution in [0.15, 0.2) is 42.5 Å². The molecule has 1 N–H and O–H groups in total. The lowest BCUT2D eigenvalue weighted by molar-refractivity contribution is 0.202. The zero-order valence-corrected chi connectivity index (χ0v) is 11.9. The summed E-state index contributed by atoms with van der Waals surface area (Å²) in [7, 11) is 1.70. The first-order valence-corrected chi connectivity index (χ1v) is 6.76. The molecule has 0 heterocycles. The Hall–Kier alpha value is -1.87. The predicted octanol–water partition coefficient (Wildman–Crippen LogP) is 3.94. The maximum Gasteiger partial charge on any atom is 0.126 e. The molecule has 0 saturated carbocycles. The third kappa shape index (κ3) is 3.81. The Morgan fingerprint density at radius 1 is 1.15 bits per heavy atom. The van der Waals surface area contributed by atoms with Crippen LogP contribution in [-0.2, 0) is 17.7 Å². The topological polar surface area (TPSA) is 21.3 Å². The Morgan fingerprint density at radius 3 is 2.70 bits per heavy atom. The van der Waals surface area contributed by atoms with Crippen LogP contribution in [0, 0.1) is 12.7 Å². The fourth-order valence-electron chi connectivity index (χ4n) is 2.07. The first kappa shape index (κ1) is 14.5. The second-order valence-corrected chi connectivity index (χ2v) is 4.84. The van der Waals surface area contributed by atoms with E-state index >= 15 is 0 Å². The van der Waals surface area contributed by atoms with Crippen molar-refractivity contribution in [3.8, 4) is 0 Å². The first-order valence-electron chi connectivity index (χ1n) is 6.76. The van der Waals surface area contributed by atoms with E-state index in [1.165, 1.54) is 5.56 Å². The van der Waals surface area contributed by atoms with Crippen LogP contribution < -0.4 is 5.32 Å². The van der Waals surface area contributed by atoms with Crippen molar-refractivity contribution in [3.63, 3.8) is 0 Å². The second kappa shape index (κ2) is 7.06. The van der Waals surface area contributed by atoms with Gasteiger partial charge in [-0.1, -0.05) is 30.3 Å². The molecule has 0 spiro atoms. The zero-order chi connectivity index (χ0) is 14.4. The Labute approximate surface area is 119 Å². The van der Waals surface area contributed by atoms with Crippen LogP contribution in [0.2, 0.25) is 0 Å². The Morgan fingerprint density at radius 2 is 1.95 bits per heavy atom. The van der Waals surface area contributed by atoms with Crippen LogP contribution in [-0.4, -0.2) is 13.7 Å². The molecule has 0 bridgehead atoms. The highest BCUT2D eigenvalue weighted by Gasteiger charge is 2.03. The van der Waals surface area contributed by atoms with Crippen molar-refractivity contribution >= 4 is 5.69 Å². The van der Waals surface area contributed by atoms with Gasteiger partial charge in [0.15, 0.2) is 0 Å². The van der Waals surface area contributed by atoms with Crippen molar-refractivity contribution in [2.75, 3.05) is 19.0 Å². The van der Waals surface area contributed by atoms with Crippen molar-refractivity contribution in [3.05, 3.63) is 65.0 Å². The fraction of sp³-hybridized carbons (Fsp3) is 0.294. The molecule has 0 aliphatic heterocycles. The van der Waals surface area contributed by atoms with E-state index in [1.54, 1.807) is 20.1 Å². The third-order valence-electron chi connectivity index (χ3n) is 3.31. The Kier molecular flexibility index (Phi) is 5.13.